The maximum atomic E-state index is 12.4. The van der Waals surface area contributed by atoms with Gasteiger partial charge in [0.05, 0.1) is 19.1 Å². The number of aliphatic carboxylic acids is 2. The summed E-state index contributed by atoms with van der Waals surface area (Å²) in [7, 11) is 0. The van der Waals surface area contributed by atoms with E-state index in [1.807, 2.05) is 0 Å². The minimum atomic E-state index is -1.68. The predicted molar refractivity (Wildman–Crippen MR) is 112 cm³/mol. The zero-order chi connectivity index (χ0) is 24.8. The Morgan fingerprint density at radius 3 is 1.88 bits per heavy atom. The van der Waals surface area contributed by atoms with Gasteiger partial charge in [0.25, 0.3) is 0 Å². The summed E-state index contributed by atoms with van der Waals surface area (Å²) in [6.45, 7) is -0.910. The Bertz CT molecular complexity index is 706. The molecule has 0 aromatic rings. The maximum absolute atomic E-state index is 12.4. The molecule has 14 nitrogen and oxygen atoms in total. The largest absolute Gasteiger partial charge is 0.481 e. The molecule has 182 valence electrons. The van der Waals surface area contributed by atoms with E-state index in [1.54, 1.807) is 6.26 Å². The third kappa shape index (κ3) is 11.5. The molecule has 0 fully saturated rings. The van der Waals surface area contributed by atoms with Crippen molar-refractivity contribution < 1.29 is 44.1 Å². The molecule has 4 amide bonds. The SMILES string of the molecule is CSCCC(NC(=O)C(CC(=O)O)NC(=O)C(CO)NC(=O)C(N)CCC(N)=O)C(=O)O. The number of carboxylic acid groups (broad SMARTS) is 2. The van der Waals surface area contributed by atoms with Crippen molar-refractivity contribution in [1.29, 1.82) is 0 Å². The van der Waals surface area contributed by atoms with Crippen molar-refractivity contribution in [2.45, 2.75) is 49.9 Å². The van der Waals surface area contributed by atoms with Gasteiger partial charge in [-0.25, -0.2) is 4.79 Å². The first-order valence-electron chi connectivity index (χ1n) is 9.42. The highest BCUT2D eigenvalue weighted by atomic mass is 32.2. The first kappa shape index (κ1) is 29.1. The minimum absolute atomic E-state index is 0.0640. The van der Waals surface area contributed by atoms with Crippen LogP contribution in [0.3, 0.4) is 0 Å². The molecule has 0 spiro atoms. The van der Waals surface area contributed by atoms with Gasteiger partial charge in [-0.2, -0.15) is 11.8 Å². The number of rotatable bonds is 16. The number of primary amides is 1. The van der Waals surface area contributed by atoms with Crippen LogP contribution in [0.2, 0.25) is 0 Å². The molecule has 0 aliphatic carbocycles. The number of amides is 4. The van der Waals surface area contributed by atoms with Gasteiger partial charge in [0.2, 0.25) is 23.6 Å². The molecule has 10 N–H and O–H groups in total. The summed E-state index contributed by atoms with van der Waals surface area (Å²) in [5.41, 5.74) is 10.5. The lowest BCUT2D eigenvalue weighted by Gasteiger charge is -2.23. The van der Waals surface area contributed by atoms with Crippen molar-refractivity contribution in [1.82, 2.24) is 16.0 Å². The first-order chi connectivity index (χ1) is 14.9. The highest BCUT2D eigenvalue weighted by Gasteiger charge is 2.31. The average molecular weight is 480 g/mol. The first-order valence-corrected chi connectivity index (χ1v) is 10.8. The smallest absolute Gasteiger partial charge is 0.326 e. The number of aliphatic hydroxyl groups excluding tert-OH is 1. The van der Waals surface area contributed by atoms with E-state index >= 15 is 0 Å². The summed E-state index contributed by atoms with van der Waals surface area (Å²) in [6, 6.07) is -5.78. The van der Waals surface area contributed by atoms with Crippen LogP contribution in [0.25, 0.3) is 0 Å². The number of carbonyl (C=O) groups excluding carboxylic acids is 4. The van der Waals surface area contributed by atoms with E-state index in [0.29, 0.717) is 5.75 Å². The summed E-state index contributed by atoms with van der Waals surface area (Å²) in [4.78, 5) is 70.0. The molecule has 0 saturated carbocycles. The second-order valence-corrected chi connectivity index (χ2v) is 7.68. The number of aliphatic hydroxyl groups is 1. The van der Waals surface area contributed by atoms with E-state index in [-0.39, 0.29) is 19.3 Å². The molecule has 0 radical (unpaired) electrons. The minimum Gasteiger partial charge on any atom is -0.481 e. The van der Waals surface area contributed by atoms with E-state index in [2.05, 4.69) is 16.0 Å². The third-order valence-electron chi connectivity index (χ3n) is 4.09. The number of thioether (sulfide) groups is 1. The third-order valence-corrected chi connectivity index (χ3v) is 4.73. The standard InChI is InChI=1S/C17H29N5O9S/c1-32-5-4-9(17(30)31)20-15(28)10(6-13(25)26)21-16(29)11(7-23)22-14(27)8(18)2-3-12(19)24/h8-11,23H,2-7,18H2,1H3,(H2,19,24)(H,20,28)(H,21,29)(H,22,27)(H,25,26)(H,30,31). The molecule has 32 heavy (non-hydrogen) atoms. The Labute approximate surface area is 187 Å². The summed E-state index contributed by atoms with van der Waals surface area (Å²) < 4.78 is 0. The monoisotopic (exact) mass is 479 g/mol. The van der Waals surface area contributed by atoms with Crippen molar-refractivity contribution in [2.24, 2.45) is 11.5 Å². The van der Waals surface area contributed by atoms with Crippen LogP contribution >= 0.6 is 11.8 Å². The molecule has 0 saturated heterocycles. The Morgan fingerprint density at radius 1 is 0.875 bits per heavy atom. The molecular formula is C17H29N5O9S. The van der Waals surface area contributed by atoms with Crippen molar-refractivity contribution >= 4 is 47.3 Å². The number of carbonyl (C=O) groups is 6. The van der Waals surface area contributed by atoms with E-state index in [4.69, 9.17) is 16.6 Å². The summed E-state index contributed by atoms with van der Waals surface area (Å²) >= 11 is 1.34. The fraction of sp³-hybridized carbons (Fsp3) is 0.647. The van der Waals surface area contributed by atoms with Crippen molar-refractivity contribution in [3.63, 3.8) is 0 Å². The molecule has 0 aliphatic heterocycles. The quantitative estimate of drug-likeness (QED) is 0.107. The Kier molecular flexibility index (Phi) is 13.6. The van der Waals surface area contributed by atoms with Crippen LogP contribution in [0, 0.1) is 0 Å². The Hall–Kier alpha value is -2.91. The van der Waals surface area contributed by atoms with E-state index in [0.717, 1.165) is 0 Å². The number of carboxylic acids is 2. The molecule has 15 heteroatoms. The highest BCUT2D eigenvalue weighted by Crippen LogP contribution is 2.03. The van der Waals surface area contributed by atoms with Crippen molar-refractivity contribution in [3.05, 3.63) is 0 Å². The number of hydrogen-bond acceptors (Lipinski definition) is 9. The van der Waals surface area contributed by atoms with Crippen LogP contribution in [0.1, 0.15) is 25.7 Å². The van der Waals surface area contributed by atoms with E-state index in [1.165, 1.54) is 11.8 Å². The van der Waals surface area contributed by atoms with Gasteiger partial charge in [-0.1, -0.05) is 0 Å². The second-order valence-electron chi connectivity index (χ2n) is 6.70. The van der Waals surface area contributed by atoms with Crippen LogP contribution in [-0.4, -0.2) is 93.7 Å². The number of hydrogen-bond donors (Lipinski definition) is 8. The van der Waals surface area contributed by atoms with Crippen LogP contribution in [0.15, 0.2) is 0 Å². The van der Waals surface area contributed by atoms with Crippen LogP contribution in [0.4, 0.5) is 0 Å². The molecule has 0 aromatic carbocycles. The van der Waals surface area contributed by atoms with Gasteiger partial charge in [-0.15, -0.1) is 0 Å². The Morgan fingerprint density at radius 2 is 1.41 bits per heavy atom. The summed E-state index contributed by atoms with van der Waals surface area (Å²) in [5, 5.41) is 34.0. The van der Waals surface area contributed by atoms with Crippen LogP contribution in [0.5, 0.6) is 0 Å². The van der Waals surface area contributed by atoms with Gasteiger partial charge in [0, 0.05) is 6.42 Å². The highest BCUT2D eigenvalue weighted by molar-refractivity contribution is 7.98. The average Bonchev–Trinajstić information content (AvgIpc) is 2.71. The van der Waals surface area contributed by atoms with Gasteiger partial charge in [0.1, 0.15) is 18.1 Å². The lowest BCUT2D eigenvalue weighted by Crippen LogP contribution is -2.58. The second kappa shape index (κ2) is 15.0. The van der Waals surface area contributed by atoms with Crippen LogP contribution < -0.4 is 27.4 Å². The van der Waals surface area contributed by atoms with Gasteiger partial charge in [-0.05, 0) is 24.9 Å². The lowest BCUT2D eigenvalue weighted by molar-refractivity contribution is -0.143. The zero-order valence-corrected chi connectivity index (χ0v) is 18.2. The predicted octanol–water partition coefficient (Wildman–Crippen LogP) is -3.66. The number of nitrogens with one attached hydrogen (secondary N) is 3. The van der Waals surface area contributed by atoms with E-state index in [9.17, 15) is 39.0 Å². The molecular weight excluding hydrogens is 450 g/mol. The van der Waals surface area contributed by atoms with Crippen molar-refractivity contribution in [2.75, 3.05) is 18.6 Å². The molecule has 0 rings (SSSR count). The fourth-order valence-electron chi connectivity index (χ4n) is 2.32. The molecule has 0 aliphatic rings. The summed E-state index contributed by atoms with van der Waals surface area (Å²) in [6.07, 6.45) is 0.618. The van der Waals surface area contributed by atoms with Gasteiger partial charge < -0.3 is 42.7 Å². The van der Waals surface area contributed by atoms with Gasteiger partial charge >= 0.3 is 11.9 Å². The van der Waals surface area contributed by atoms with Gasteiger partial charge in [0.15, 0.2) is 0 Å². The van der Waals surface area contributed by atoms with Crippen molar-refractivity contribution in [3.8, 4) is 0 Å². The molecule has 0 aromatic heterocycles. The zero-order valence-electron chi connectivity index (χ0n) is 17.4. The molecule has 4 unspecified atom stereocenters. The molecule has 4 atom stereocenters. The normalized spacial score (nSPS) is 14.3. The Balaban J connectivity index is 5.21. The van der Waals surface area contributed by atoms with Gasteiger partial charge in [-0.3, -0.25) is 24.0 Å². The molecule has 0 heterocycles. The lowest BCUT2D eigenvalue weighted by atomic mass is 10.1. The number of nitrogens with two attached hydrogens (primary N) is 2. The maximum Gasteiger partial charge on any atom is 0.326 e. The van der Waals surface area contributed by atoms with Crippen LogP contribution in [-0.2, 0) is 28.8 Å². The van der Waals surface area contributed by atoms with E-state index < -0.39 is 72.8 Å². The fourth-order valence-corrected chi connectivity index (χ4v) is 2.79. The molecule has 0 bridgehead atoms. The topological polar surface area (TPSA) is 251 Å². The summed E-state index contributed by atoms with van der Waals surface area (Å²) in [5.74, 6) is -6.12.